The van der Waals surface area contributed by atoms with Gasteiger partial charge in [0.15, 0.2) is 0 Å². The summed E-state index contributed by atoms with van der Waals surface area (Å²) >= 11 is 1.58. The third-order valence-electron chi connectivity index (χ3n) is 9.98. The maximum absolute atomic E-state index is 14.7. The Morgan fingerprint density at radius 3 is 2.30 bits per heavy atom. The first kappa shape index (κ1) is 26.2. The monoisotopic (exact) mass is 561 g/mol. The third kappa shape index (κ3) is 4.87. The van der Waals surface area contributed by atoms with Crippen molar-refractivity contribution in [2.45, 2.75) is 86.6 Å². The smallest absolute Gasteiger partial charge is 0.258 e. The Kier molecular flexibility index (Phi) is 6.74. The Labute approximate surface area is 238 Å². The van der Waals surface area contributed by atoms with Gasteiger partial charge in [0, 0.05) is 34.7 Å². The van der Waals surface area contributed by atoms with Gasteiger partial charge in [0.1, 0.15) is 11.9 Å². The van der Waals surface area contributed by atoms with Gasteiger partial charge in [-0.25, -0.2) is 4.39 Å². The molecule has 2 aromatic rings. The molecule has 4 aliphatic carbocycles. The number of carbonyl (C=O) groups is 3. The van der Waals surface area contributed by atoms with Crippen molar-refractivity contribution in [1.29, 1.82) is 0 Å². The standard InChI is InChI=1S/C32H36FN3O3S/c33-25-5-7-27(24-17-36(31(39)29(24)25)26-6-8-28(37)35-30(26)38)40-18-20-3-1-19(2-4-20)9-10-34-32-14-21-11-22(15-32)13-23(12-21)16-32/h1-5,7,21-23,26,34H,6,8-18H2,(H,35,37,38). The lowest BCUT2D eigenvalue weighted by Crippen LogP contribution is -2.58. The molecule has 6 aliphatic rings. The number of piperidine rings is 1. The minimum Gasteiger partial charge on any atom is -0.322 e. The van der Waals surface area contributed by atoms with E-state index in [9.17, 15) is 18.8 Å². The number of amides is 3. The van der Waals surface area contributed by atoms with Crippen LogP contribution in [0.15, 0.2) is 41.3 Å². The van der Waals surface area contributed by atoms with Crippen LogP contribution in [0.1, 0.15) is 78.4 Å². The highest BCUT2D eigenvalue weighted by Crippen LogP contribution is 2.55. The van der Waals surface area contributed by atoms with Gasteiger partial charge in [0.25, 0.3) is 5.91 Å². The highest BCUT2D eigenvalue weighted by Gasteiger charge is 2.50. The summed E-state index contributed by atoms with van der Waals surface area (Å²) in [7, 11) is 0. The zero-order chi connectivity index (χ0) is 27.4. The van der Waals surface area contributed by atoms with Crippen LogP contribution in [0.25, 0.3) is 0 Å². The van der Waals surface area contributed by atoms with Crippen molar-refractivity contribution in [2.75, 3.05) is 6.54 Å². The van der Waals surface area contributed by atoms with Crippen molar-refractivity contribution in [3.63, 3.8) is 0 Å². The van der Waals surface area contributed by atoms with Crippen LogP contribution in [-0.2, 0) is 28.3 Å². The zero-order valence-electron chi connectivity index (χ0n) is 22.7. The van der Waals surface area contributed by atoms with Gasteiger partial charge < -0.3 is 10.2 Å². The molecule has 1 unspecified atom stereocenters. The molecule has 4 saturated carbocycles. The van der Waals surface area contributed by atoms with Crippen molar-refractivity contribution >= 4 is 29.5 Å². The van der Waals surface area contributed by atoms with E-state index < -0.39 is 23.7 Å². The largest absolute Gasteiger partial charge is 0.322 e. The summed E-state index contributed by atoms with van der Waals surface area (Å²) < 4.78 is 14.7. The molecule has 0 radical (unpaired) electrons. The van der Waals surface area contributed by atoms with Gasteiger partial charge in [-0.15, -0.1) is 11.8 Å². The number of hydrogen-bond acceptors (Lipinski definition) is 5. The molecule has 0 spiro atoms. The number of halogens is 1. The van der Waals surface area contributed by atoms with Gasteiger partial charge in [-0.05, 0) is 98.9 Å². The van der Waals surface area contributed by atoms with Gasteiger partial charge in [-0.1, -0.05) is 24.3 Å². The normalized spacial score (nSPS) is 30.6. The lowest BCUT2D eigenvalue weighted by Gasteiger charge is -2.57. The van der Waals surface area contributed by atoms with Crippen LogP contribution in [0, 0.1) is 23.6 Å². The molecule has 0 aromatic heterocycles. The molecular weight excluding hydrogens is 525 g/mol. The lowest BCUT2D eigenvalue weighted by atomic mass is 9.53. The predicted octanol–water partition coefficient (Wildman–Crippen LogP) is 4.98. The average molecular weight is 562 g/mol. The third-order valence-corrected chi connectivity index (χ3v) is 11.1. The molecule has 40 heavy (non-hydrogen) atoms. The van der Waals surface area contributed by atoms with Crippen LogP contribution in [0.5, 0.6) is 0 Å². The van der Waals surface area contributed by atoms with Crippen LogP contribution in [-0.4, -0.2) is 40.7 Å². The van der Waals surface area contributed by atoms with Gasteiger partial charge in [0.2, 0.25) is 11.8 Å². The quantitative estimate of drug-likeness (QED) is 0.351. The summed E-state index contributed by atoms with van der Waals surface area (Å²) in [6, 6.07) is 11.1. The maximum Gasteiger partial charge on any atom is 0.258 e. The number of rotatable bonds is 8. The second-order valence-corrected chi connectivity index (χ2v) is 13.8. The second kappa shape index (κ2) is 10.3. The molecule has 2 N–H and O–H groups in total. The number of thioether (sulfide) groups is 1. The van der Waals surface area contributed by atoms with E-state index in [-0.39, 0.29) is 30.9 Å². The SMILES string of the molecule is O=C1CCC(N2Cc3c(SCc4ccc(CCNC56CC7CC(CC(C7)C5)C6)cc4)ccc(F)c3C2=O)C(=O)N1. The fourth-order valence-electron chi connectivity index (χ4n) is 8.50. The van der Waals surface area contributed by atoms with E-state index >= 15 is 0 Å². The molecule has 1 atom stereocenters. The molecule has 3 amide bonds. The number of benzene rings is 2. The average Bonchev–Trinajstić information content (AvgIpc) is 3.26. The molecule has 1 saturated heterocycles. The van der Waals surface area contributed by atoms with Crippen LogP contribution < -0.4 is 10.6 Å². The Morgan fingerprint density at radius 1 is 0.950 bits per heavy atom. The summed E-state index contributed by atoms with van der Waals surface area (Å²) in [5, 5.41) is 6.29. The fraction of sp³-hybridized carbons (Fsp3) is 0.531. The van der Waals surface area contributed by atoms with Crippen molar-refractivity contribution < 1.29 is 18.8 Å². The topological polar surface area (TPSA) is 78.5 Å². The summed E-state index contributed by atoms with van der Waals surface area (Å²) in [6.07, 6.45) is 9.99. The first-order chi connectivity index (χ1) is 19.4. The molecule has 2 aliphatic heterocycles. The molecule has 6 nitrogen and oxygen atoms in total. The highest BCUT2D eigenvalue weighted by atomic mass is 32.2. The Hall–Kier alpha value is -2.71. The molecule has 2 aromatic carbocycles. The molecule has 8 heteroatoms. The Bertz CT molecular complexity index is 1320. The minimum absolute atomic E-state index is 0.0524. The van der Waals surface area contributed by atoms with Crippen molar-refractivity contribution in [1.82, 2.24) is 15.5 Å². The minimum atomic E-state index is -0.750. The van der Waals surface area contributed by atoms with Crippen molar-refractivity contribution in [2.24, 2.45) is 17.8 Å². The van der Waals surface area contributed by atoms with Crippen LogP contribution in [0.2, 0.25) is 0 Å². The summed E-state index contributed by atoms with van der Waals surface area (Å²) in [5.74, 6) is 1.71. The van der Waals surface area contributed by atoms with Gasteiger partial charge in [-0.3, -0.25) is 19.7 Å². The number of imide groups is 1. The van der Waals surface area contributed by atoms with E-state index in [0.29, 0.717) is 16.9 Å². The van der Waals surface area contributed by atoms with Crippen LogP contribution in [0.3, 0.4) is 0 Å². The second-order valence-electron chi connectivity index (χ2n) is 12.8. The Morgan fingerprint density at radius 2 is 1.62 bits per heavy atom. The van der Waals surface area contributed by atoms with Gasteiger partial charge >= 0.3 is 0 Å². The van der Waals surface area contributed by atoms with Crippen molar-refractivity contribution in [3.8, 4) is 0 Å². The van der Waals surface area contributed by atoms with E-state index in [2.05, 4.69) is 34.9 Å². The van der Waals surface area contributed by atoms with E-state index in [0.717, 1.165) is 35.6 Å². The van der Waals surface area contributed by atoms with Crippen molar-refractivity contribution in [3.05, 3.63) is 64.5 Å². The van der Waals surface area contributed by atoms with E-state index in [4.69, 9.17) is 0 Å². The molecular formula is C32H36FN3O3S. The van der Waals surface area contributed by atoms with E-state index in [1.807, 2.05) is 0 Å². The summed E-state index contributed by atoms with van der Waals surface area (Å²) in [4.78, 5) is 39.3. The molecule has 210 valence electrons. The first-order valence-electron chi connectivity index (χ1n) is 14.8. The molecule has 4 bridgehead atoms. The first-order valence-corrected chi connectivity index (χ1v) is 15.8. The molecule has 8 rings (SSSR count). The molecule has 2 heterocycles. The number of fused-ring (bicyclic) bond motifs is 1. The zero-order valence-corrected chi connectivity index (χ0v) is 23.5. The summed E-state index contributed by atoms with van der Waals surface area (Å²) in [5.41, 5.74) is 3.59. The molecule has 5 fully saturated rings. The highest BCUT2D eigenvalue weighted by molar-refractivity contribution is 7.98. The lowest BCUT2D eigenvalue weighted by molar-refractivity contribution is -0.136. The van der Waals surface area contributed by atoms with E-state index in [1.54, 1.807) is 17.8 Å². The van der Waals surface area contributed by atoms with Gasteiger partial charge in [0.05, 0.1) is 5.56 Å². The number of hydrogen-bond donors (Lipinski definition) is 2. The van der Waals surface area contributed by atoms with Crippen LogP contribution >= 0.6 is 11.8 Å². The number of nitrogens with zero attached hydrogens (tertiary/aromatic N) is 1. The number of carbonyl (C=O) groups excluding carboxylic acids is 3. The summed E-state index contributed by atoms with van der Waals surface area (Å²) in [6.45, 7) is 1.20. The Balaban J connectivity index is 0.958. The van der Waals surface area contributed by atoms with Crippen LogP contribution in [0.4, 0.5) is 4.39 Å². The number of nitrogens with one attached hydrogen (secondary N) is 2. The van der Waals surface area contributed by atoms with Gasteiger partial charge in [-0.2, -0.15) is 0 Å². The van der Waals surface area contributed by atoms with E-state index in [1.165, 1.54) is 60.6 Å². The maximum atomic E-state index is 14.7. The predicted molar refractivity (Wildman–Crippen MR) is 151 cm³/mol. The fourth-order valence-corrected chi connectivity index (χ4v) is 9.52.